The summed E-state index contributed by atoms with van der Waals surface area (Å²) in [5.74, 6) is -1.06. The van der Waals surface area contributed by atoms with E-state index in [-0.39, 0.29) is 12.0 Å². The number of hydrogen-bond acceptors (Lipinski definition) is 3. The van der Waals surface area contributed by atoms with Crippen LogP contribution in [0, 0.1) is 5.92 Å². The molecule has 1 rings (SSSR count). The van der Waals surface area contributed by atoms with Gasteiger partial charge in [-0.2, -0.15) is 4.31 Å². The highest BCUT2D eigenvalue weighted by atomic mass is 32.2. The topological polar surface area (TPSA) is 74.7 Å². The van der Waals surface area contributed by atoms with Crippen molar-refractivity contribution < 1.29 is 18.3 Å². The number of sulfonamides is 1. The lowest BCUT2D eigenvalue weighted by molar-refractivity contribution is -0.143. The minimum Gasteiger partial charge on any atom is -0.481 e. The maximum Gasteiger partial charge on any atom is 0.306 e. The predicted molar refractivity (Wildman–Crippen MR) is 65.2 cm³/mol. The van der Waals surface area contributed by atoms with Crippen molar-refractivity contribution in [1.82, 2.24) is 4.31 Å². The third kappa shape index (κ3) is 3.96. The summed E-state index contributed by atoms with van der Waals surface area (Å²) in [4.78, 5) is 10.8. The number of hydrogen-bond donors (Lipinski definition) is 1. The normalized spacial score (nSPS) is 26.1. The van der Waals surface area contributed by atoms with Crippen LogP contribution in [0.1, 0.15) is 39.0 Å². The van der Waals surface area contributed by atoms with Crippen LogP contribution in [0.2, 0.25) is 0 Å². The molecule has 17 heavy (non-hydrogen) atoms. The minimum absolute atomic E-state index is 0.0134. The summed E-state index contributed by atoms with van der Waals surface area (Å²) in [5, 5.41) is 8.89. The Morgan fingerprint density at radius 1 is 1.29 bits per heavy atom. The fourth-order valence-corrected chi connectivity index (χ4v) is 3.72. The van der Waals surface area contributed by atoms with Crippen molar-refractivity contribution in [3.05, 3.63) is 0 Å². The van der Waals surface area contributed by atoms with Gasteiger partial charge in [0, 0.05) is 12.6 Å². The van der Waals surface area contributed by atoms with Crippen molar-refractivity contribution in [3.63, 3.8) is 0 Å². The van der Waals surface area contributed by atoms with Crippen molar-refractivity contribution in [1.29, 1.82) is 0 Å². The van der Waals surface area contributed by atoms with Crippen LogP contribution in [-0.2, 0) is 14.8 Å². The Hall–Kier alpha value is -0.620. The molecule has 100 valence electrons. The molecule has 0 aromatic heterocycles. The number of nitrogens with zero attached hydrogens (tertiary/aromatic N) is 1. The van der Waals surface area contributed by atoms with Gasteiger partial charge in [0.15, 0.2) is 0 Å². The molecule has 1 N–H and O–H groups in total. The van der Waals surface area contributed by atoms with Crippen molar-refractivity contribution in [3.8, 4) is 0 Å². The molecule has 0 saturated heterocycles. The third-order valence-corrected chi connectivity index (χ3v) is 4.66. The second-order valence-corrected chi connectivity index (χ2v) is 6.65. The van der Waals surface area contributed by atoms with E-state index >= 15 is 0 Å². The summed E-state index contributed by atoms with van der Waals surface area (Å²) < 4.78 is 24.8. The Morgan fingerprint density at radius 2 is 1.82 bits per heavy atom. The Morgan fingerprint density at radius 3 is 2.18 bits per heavy atom. The van der Waals surface area contributed by atoms with Crippen LogP contribution in [0.15, 0.2) is 0 Å². The Bertz CT molecular complexity index is 358. The number of carboxylic acids is 1. The van der Waals surface area contributed by atoms with Gasteiger partial charge in [-0.3, -0.25) is 4.79 Å². The summed E-state index contributed by atoms with van der Waals surface area (Å²) in [7, 11) is -3.18. The van der Waals surface area contributed by atoms with E-state index in [9.17, 15) is 13.2 Å². The van der Waals surface area contributed by atoms with Crippen LogP contribution in [0.5, 0.6) is 0 Å². The van der Waals surface area contributed by atoms with Crippen molar-refractivity contribution in [2.45, 2.75) is 45.1 Å². The lowest BCUT2D eigenvalue weighted by Gasteiger charge is -2.34. The smallest absolute Gasteiger partial charge is 0.306 e. The molecule has 0 amide bonds. The average molecular weight is 263 g/mol. The van der Waals surface area contributed by atoms with Crippen molar-refractivity contribution in [2.75, 3.05) is 12.8 Å². The highest BCUT2D eigenvalue weighted by Gasteiger charge is 2.32. The van der Waals surface area contributed by atoms with Gasteiger partial charge in [0.25, 0.3) is 0 Å². The van der Waals surface area contributed by atoms with Gasteiger partial charge in [-0.15, -0.1) is 0 Å². The lowest BCUT2D eigenvalue weighted by atomic mass is 9.86. The second kappa shape index (κ2) is 5.82. The summed E-state index contributed by atoms with van der Waals surface area (Å²) in [5.41, 5.74) is 0. The van der Waals surface area contributed by atoms with E-state index in [1.54, 1.807) is 0 Å². The van der Waals surface area contributed by atoms with Gasteiger partial charge in [-0.1, -0.05) is 6.92 Å². The van der Waals surface area contributed by atoms with E-state index in [0.717, 1.165) is 6.42 Å². The van der Waals surface area contributed by atoms with Crippen LogP contribution in [-0.4, -0.2) is 42.6 Å². The van der Waals surface area contributed by atoms with Crippen LogP contribution in [0.25, 0.3) is 0 Å². The molecule has 1 aliphatic carbocycles. The second-order valence-electron chi connectivity index (χ2n) is 4.72. The summed E-state index contributed by atoms with van der Waals surface area (Å²) >= 11 is 0. The first-order valence-electron chi connectivity index (χ1n) is 6.06. The van der Waals surface area contributed by atoms with Crippen molar-refractivity contribution >= 4 is 16.0 Å². The number of aliphatic carboxylic acids is 1. The monoisotopic (exact) mass is 263 g/mol. The van der Waals surface area contributed by atoms with E-state index in [2.05, 4.69) is 0 Å². The molecule has 0 aromatic rings. The fourth-order valence-electron chi connectivity index (χ4n) is 2.45. The van der Waals surface area contributed by atoms with Crippen LogP contribution < -0.4 is 0 Å². The minimum atomic E-state index is -3.18. The molecular weight excluding hydrogens is 242 g/mol. The molecule has 0 aliphatic heterocycles. The molecule has 0 aromatic carbocycles. The number of rotatable bonds is 5. The molecule has 0 unspecified atom stereocenters. The van der Waals surface area contributed by atoms with E-state index in [0.29, 0.717) is 32.2 Å². The zero-order chi connectivity index (χ0) is 13.1. The summed E-state index contributed by atoms with van der Waals surface area (Å²) in [6, 6.07) is -0.0134. The van der Waals surface area contributed by atoms with Crippen LogP contribution >= 0.6 is 0 Å². The Kier molecular flexibility index (Phi) is 4.94. The Labute approximate surface area is 103 Å². The molecule has 0 spiro atoms. The van der Waals surface area contributed by atoms with Crippen LogP contribution in [0.3, 0.4) is 0 Å². The van der Waals surface area contributed by atoms with Gasteiger partial charge in [0.2, 0.25) is 10.0 Å². The van der Waals surface area contributed by atoms with Gasteiger partial charge in [-0.05, 0) is 32.1 Å². The zero-order valence-electron chi connectivity index (χ0n) is 10.4. The van der Waals surface area contributed by atoms with E-state index in [4.69, 9.17) is 5.11 Å². The molecule has 0 radical (unpaired) electrons. The third-order valence-electron chi connectivity index (χ3n) is 3.32. The zero-order valence-corrected chi connectivity index (χ0v) is 11.2. The first-order chi connectivity index (χ1) is 7.86. The molecular formula is C11H21NO4S. The van der Waals surface area contributed by atoms with Crippen molar-refractivity contribution in [2.24, 2.45) is 5.92 Å². The van der Waals surface area contributed by atoms with Gasteiger partial charge in [-0.25, -0.2) is 8.42 Å². The molecule has 0 heterocycles. The maximum atomic E-state index is 11.6. The van der Waals surface area contributed by atoms with Gasteiger partial charge < -0.3 is 5.11 Å². The molecule has 1 fully saturated rings. The summed E-state index contributed by atoms with van der Waals surface area (Å²) in [6.45, 7) is 2.47. The fraction of sp³-hybridized carbons (Fsp3) is 0.909. The highest BCUT2D eigenvalue weighted by Crippen LogP contribution is 2.29. The average Bonchev–Trinajstić information content (AvgIpc) is 2.24. The predicted octanol–water partition coefficient (Wildman–Crippen LogP) is 1.30. The van der Waals surface area contributed by atoms with Crippen LogP contribution in [0.4, 0.5) is 0 Å². The van der Waals surface area contributed by atoms with Gasteiger partial charge in [0.1, 0.15) is 0 Å². The molecule has 1 aliphatic rings. The molecule has 0 bridgehead atoms. The maximum absolute atomic E-state index is 11.6. The molecule has 5 nitrogen and oxygen atoms in total. The van der Waals surface area contributed by atoms with E-state index in [1.807, 2.05) is 6.92 Å². The van der Waals surface area contributed by atoms with E-state index < -0.39 is 16.0 Å². The molecule has 0 atom stereocenters. The highest BCUT2D eigenvalue weighted by molar-refractivity contribution is 7.88. The Balaban J connectivity index is 2.64. The first-order valence-corrected chi connectivity index (χ1v) is 7.90. The van der Waals surface area contributed by atoms with Gasteiger partial charge >= 0.3 is 5.97 Å². The number of carbonyl (C=O) groups is 1. The standard InChI is InChI=1S/C11H21NO4S/c1-3-8-12(17(2,15)16)10-6-4-9(5-7-10)11(13)14/h9-10H,3-8H2,1-2H3,(H,13,14). The largest absolute Gasteiger partial charge is 0.481 e. The quantitative estimate of drug-likeness (QED) is 0.811. The molecule has 6 heteroatoms. The lowest BCUT2D eigenvalue weighted by Crippen LogP contribution is -2.42. The van der Waals surface area contributed by atoms with E-state index in [1.165, 1.54) is 10.6 Å². The van der Waals surface area contributed by atoms with Gasteiger partial charge in [0.05, 0.1) is 12.2 Å². The summed E-state index contributed by atoms with van der Waals surface area (Å²) in [6.07, 6.45) is 4.48. The SMILES string of the molecule is CCCN(C1CCC(C(=O)O)CC1)S(C)(=O)=O. The molecule has 1 saturated carbocycles. The number of carboxylic acid groups (broad SMARTS) is 1. The first kappa shape index (κ1) is 14.4.